The van der Waals surface area contributed by atoms with Gasteiger partial charge >= 0.3 is 0 Å². The molecule has 0 bridgehead atoms. The Kier molecular flexibility index (Phi) is 4.57. The molecule has 5 nitrogen and oxygen atoms in total. The van der Waals surface area contributed by atoms with E-state index in [-0.39, 0.29) is 5.91 Å². The van der Waals surface area contributed by atoms with Crippen LogP contribution in [0.4, 0.5) is 11.5 Å². The second kappa shape index (κ2) is 5.95. The molecule has 5 heteroatoms. The molecule has 0 saturated heterocycles. The van der Waals surface area contributed by atoms with Crippen molar-refractivity contribution in [2.45, 2.75) is 26.2 Å². The largest absolute Gasteiger partial charge is 0.397 e. The average molecular weight is 222 g/mol. The number of carbonyl (C=O) groups excluding carboxylic acids is 1. The Morgan fingerprint density at radius 2 is 2.25 bits per heavy atom. The number of primary amides is 1. The lowest BCUT2D eigenvalue weighted by atomic mass is 10.2. The summed E-state index contributed by atoms with van der Waals surface area (Å²) < 4.78 is 0. The number of anilines is 2. The standard InChI is InChI=1S/C11H18N4O/c1-8-6-9(12)7-15-11(8)14-5-3-2-4-10(13)16/h6-7H,2-5,12H2,1H3,(H2,13,16)(H,14,15). The van der Waals surface area contributed by atoms with Crippen LogP contribution in [0.3, 0.4) is 0 Å². The Hall–Kier alpha value is -1.78. The van der Waals surface area contributed by atoms with Crippen LogP contribution in [-0.4, -0.2) is 17.4 Å². The minimum atomic E-state index is -0.248. The molecular weight excluding hydrogens is 204 g/mol. The number of hydrogen-bond acceptors (Lipinski definition) is 4. The Bertz CT molecular complexity index is 365. The van der Waals surface area contributed by atoms with E-state index in [4.69, 9.17) is 11.5 Å². The molecule has 0 aliphatic heterocycles. The lowest BCUT2D eigenvalue weighted by Gasteiger charge is -2.08. The molecule has 1 aromatic rings. The number of pyridine rings is 1. The number of aromatic nitrogens is 1. The summed E-state index contributed by atoms with van der Waals surface area (Å²) in [6, 6.07) is 1.87. The van der Waals surface area contributed by atoms with Crippen LogP contribution in [0.5, 0.6) is 0 Å². The van der Waals surface area contributed by atoms with Gasteiger partial charge in [-0.25, -0.2) is 4.98 Å². The number of aryl methyl sites for hydroxylation is 1. The van der Waals surface area contributed by atoms with Crippen molar-refractivity contribution in [3.63, 3.8) is 0 Å². The van der Waals surface area contributed by atoms with Gasteiger partial charge in [0.2, 0.25) is 5.91 Å². The fourth-order valence-corrected chi connectivity index (χ4v) is 1.41. The summed E-state index contributed by atoms with van der Waals surface area (Å²) >= 11 is 0. The van der Waals surface area contributed by atoms with Crippen molar-refractivity contribution in [3.8, 4) is 0 Å². The number of amides is 1. The number of nitrogen functional groups attached to an aromatic ring is 1. The summed E-state index contributed by atoms with van der Waals surface area (Å²) in [6.07, 6.45) is 3.76. The zero-order valence-corrected chi connectivity index (χ0v) is 9.49. The van der Waals surface area contributed by atoms with E-state index in [1.54, 1.807) is 6.20 Å². The van der Waals surface area contributed by atoms with Crippen LogP contribution in [0.1, 0.15) is 24.8 Å². The van der Waals surface area contributed by atoms with E-state index < -0.39 is 0 Å². The first-order valence-corrected chi connectivity index (χ1v) is 5.34. The fourth-order valence-electron chi connectivity index (χ4n) is 1.41. The number of hydrogen-bond donors (Lipinski definition) is 3. The zero-order chi connectivity index (χ0) is 12.0. The molecule has 1 rings (SSSR count). The number of carbonyl (C=O) groups is 1. The molecule has 1 amide bonds. The molecule has 0 spiro atoms. The Labute approximate surface area is 95.2 Å². The first-order valence-electron chi connectivity index (χ1n) is 5.34. The maximum atomic E-state index is 10.5. The predicted molar refractivity (Wildman–Crippen MR) is 64.9 cm³/mol. The first-order chi connectivity index (χ1) is 7.59. The van der Waals surface area contributed by atoms with Gasteiger partial charge in [0.15, 0.2) is 0 Å². The third-order valence-corrected chi connectivity index (χ3v) is 2.24. The van der Waals surface area contributed by atoms with E-state index in [1.807, 2.05) is 13.0 Å². The molecule has 0 atom stereocenters. The molecule has 0 unspecified atom stereocenters. The van der Waals surface area contributed by atoms with E-state index in [0.29, 0.717) is 12.1 Å². The molecule has 0 radical (unpaired) electrons. The summed E-state index contributed by atoms with van der Waals surface area (Å²) in [5.74, 6) is 0.593. The van der Waals surface area contributed by atoms with Gasteiger partial charge < -0.3 is 16.8 Å². The molecule has 0 aliphatic rings. The Morgan fingerprint density at radius 1 is 1.50 bits per heavy atom. The normalized spacial score (nSPS) is 10.1. The Balaban J connectivity index is 2.29. The quantitative estimate of drug-likeness (QED) is 0.627. The second-order valence-corrected chi connectivity index (χ2v) is 3.78. The molecule has 0 aliphatic carbocycles. The second-order valence-electron chi connectivity index (χ2n) is 3.78. The minimum Gasteiger partial charge on any atom is -0.397 e. The molecular formula is C11H18N4O. The lowest BCUT2D eigenvalue weighted by molar-refractivity contribution is -0.118. The van der Waals surface area contributed by atoms with Gasteiger partial charge in [-0.15, -0.1) is 0 Å². The van der Waals surface area contributed by atoms with E-state index >= 15 is 0 Å². The van der Waals surface area contributed by atoms with Crippen LogP contribution in [0.25, 0.3) is 0 Å². The number of unbranched alkanes of at least 4 members (excludes halogenated alkanes) is 1. The van der Waals surface area contributed by atoms with Crippen molar-refractivity contribution in [3.05, 3.63) is 17.8 Å². The van der Waals surface area contributed by atoms with Crippen LogP contribution >= 0.6 is 0 Å². The van der Waals surface area contributed by atoms with Crippen molar-refractivity contribution in [1.82, 2.24) is 4.98 Å². The first kappa shape index (κ1) is 12.3. The smallest absolute Gasteiger partial charge is 0.217 e. The van der Waals surface area contributed by atoms with E-state index in [2.05, 4.69) is 10.3 Å². The fraction of sp³-hybridized carbons (Fsp3) is 0.455. The van der Waals surface area contributed by atoms with E-state index in [9.17, 15) is 4.79 Å². The van der Waals surface area contributed by atoms with Gasteiger partial charge in [0.25, 0.3) is 0 Å². The summed E-state index contributed by atoms with van der Waals surface area (Å²) in [6.45, 7) is 2.74. The van der Waals surface area contributed by atoms with Gasteiger partial charge in [-0.1, -0.05) is 0 Å². The van der Waals surface area contributed by atoms with Crippen LogP contribution in [-0.2, 0) is 4.79 Å². The third kappa shape index (κ3) is 4.16. The Morgan fingerprint density at radius 3 is 2.88 bits per heavy atom. The van der Waals surface area contributed by atoms with E-state index in [1.165, 1.54) is 0 Å². The van der Waals surface area contributed by atoms with Crippen LogP contribution in [0.2, 0.25) is 0 Å². The monoisotopic (exact) mass is 222 g/mol. The number of nitrogens with one attached hydrogen (secondary N) is 1. The van der Waals surface area contributed by atoms with Gasteiger partial charge in [0, 0.05) is 13.0 Å². The van der Waals surface area contributed by atoms with Crippen LogP contribution in [0, 0.1) is 6.92 Å². The van der Waals surface area contributed by atoms with Crippen LogP contribution in [0.15, 0.2) is 12.3 Å². The maximum absolute atomic E-state index is 10.5. The summed E-state index contributed by atoms with van der Waals surface area (Å²) in [4.78, 5) is 14.7. The van der Waals surface area contributed by atoms with Gasteiger partial charge in [-0.2, -0.15) is 0 Å². The lowest BCUT2D eigenvalue weighted by Crippen LogP contribution is -2.11. The highest BCUT2D eigenvalue weighted by molar-refractivity contribution is 5.73. The molecule has 5 N–H and O–H groups in total. The van der Waals surface area contributed by atoms with Crippen molar-refractivity contribution in [1.29, 1.82) is 0 Å². The summed E-state index contributed by atoms with van der Waals surface area (Å²) in [5.41, 5.74) is 12.3. The molecule has 0 aromatic carbocycles. The molecule has 88 valence electrons. The SMILES string of the molecule is Cc1cc(N)cnc1NCCCCC(N)=O. The summed E-state index contributed by atoms with van der Waals surface area (Å²) in [7, 11) is 0. The topological polar surface area (TPSA) is 94.0 Å². The maximum Gasteiger partial charge on any atom is 0.217 e. The van der Waals surface area contributed by atoms with Crippen molar-refractivity contribution in [2.75, 3.05) is 17.6 Å². The molecule has 0 fully saturated rings. The van der Waals surface area contributed by atoms with Gasteiger partial charge in [0.1, 0.15) is 5.82 Å². The zero-order valence-electron chi connectivity index (χ0n) is 9.49. The van der Waals surface area contributed by atoms with Crippen LogP contribution < -0.4 is 16.8 Å². The minimum absolute atomic E-state index is 0.248. The number of nitrogens with two attached hydrogens (primary N) is 2. The van der Waals surface area contributed by atoms with Gasteiger partial charge in [-0.3, -0.25) is 4.79 Å². The molecule has 1 aromatic heterocycles. The van der Waals surface area contributed by atoms with E-state index in [0.717, 1.165) is 30.8 Å². The molecule has 16 heavy (non-hydrogen) atoms. The van der Waals surface area contributed by atoms with Gasteiger partial charge in [0.05, 0.1) is 11.9 Å². The summed E-state index contributed by atoms with van der Waals surface area (Å²) in [5, 5.41) is 3.20. The number of nitrogens with zero attached hydrogens (tertiary/aromatic N) is 1. The highest BCUT2D eigenvalue weighted by atomic mass is 16.1. The average Bonchev–Trinajstić information content (AvgIpc) is 2.20. The van der Waals surface area contributed by atoms with Crippen molar-refractivity contribution >= 4 is 17.4 Å². The number of rotatable bonds is 6. The van der Waals surface area contributed by atoms with Gasteiger partial charge in [-0.05, 0) is 31.4 Å². The predicted octanol–water partition coefficient (Wildman–Crippen LogP) is 1.04. The van der Waals surface area contributed by atoms with Crippen molar-refractivity contribution < 1.29 is 4.79 Å². The highest BCUT2D eigenvalue weighted by Gasteiger charge is 1.99. The molecule has 1 heterocycles. The molecule has 0 saturated carbocycles. The third-order valence-electron chi connectivity index (χ3n) is 2.24. The highest BCUT2D eigenvalue weighted by Crippen LogP contribution is 2.13. The van der Waals surface area contributed by atoms with Crippen molar-refractivity contribution in [2.24, 2.45) is 5.73 Å².